The van der Waals surface area contributed by atoms with Crippen molar-refractivity contribution in [1.82, 2.24) is 10.1 Å². The number of anilines is 1. The third-order valence-electron chi connectivity index (χ3n) is 1.89. The van der Waals surface area contributed by atoms with Gasteiger partial charge in [-0.05, 0) is 6.42 Å². The summed E-state index contributed by atoms with van der Waals surface area (Å²) in [7, 11) is 0. The molecule has 0 spiro atoms. The Morgan fingerprint density at radius 3 is 2.56 bits per heavy atom. The van der Waals surface area contributed by atoms with E-state index in [2.05, 4.69) is 24.0 Å². The summed E-state index contributed by atoms with van der Waals surface area (Å²) in [4.78, 5) is 4.12. The van der Waals surface area contributed by atoms with Crippen LogP contribution in [0.3, 0.4) is 0 Å². The van der Waals surface area contributed by atoms with Gasteiger partial charge in [0.1, 0.15) is 0 Å². The summed E-state index contributed by atoms with van der Waals surface area (Å²) in [6, 6.07) is 0. The number of halogens is 1. The molecule has 4 nitrogen and oxygen atoms in total. The first-order chi connectivity index (χ1) is 7.65. The van der Waals surface area contributed by atoms with Gasteiger partial charge in [-0.15, -0.1) is 0 Å². The van der Waals surface area contributed by atoms with E-state index in [1.54, 1.807) is 6.20 Å². The summed E-state index contributed by atoms with van der Waals surface area (Å²) in [5.74, 6) is 0.317. The molecule has 0 saturated carbocycles. The van der Waals surface area contributed by atoms with Gasteiger partial charge in [0.15, 0.2) is 11.4 Å². The number of rotatable bonds is 1. The van der Waals surface area contributed by atoms with Crippen molar-refractivity contribution in [3.63, 3.8) is 0 Å². The van der Waals surface area contributed by atoms with E-state index in [4.69, 9.17) is 21.9 Å². The maximum Gasteiger partial charge on any atom is 0.192 e. The van der Waals surface area contributed by atoms with Crippen LogP contribution in [0, 0.1) is 0 Å². The van der Waals surface area contributed by atoms with Gasteiger partial charge in [-0.3, -0.25) is 4.98 Å². The second-order valence-corrected chi connectivity index (χ2v) is 3.79. The SMILES string of the molecule is CCC.CCc1ncc(Cl)c2c(N)noc12. The molecular weight excluding hydrogens is 226 g/mol. The van der Waals surface area contributed by atoms with E-state index >= 15 is 0 Å². The third kappa shape index (κ3) is 2.44. The lowest BCUT2D eigenvalue weighted by Crippen LogP contribution is -1.89. The number of fused-ring (bicyclic) bond motifs is 1. The molecule has 16 heavy (non-hydrogen) atoms. The average molecular weight is 242 g/mol. The van der Waals surface area contributed by atoms with Crippen LogP contribution >= 0.6 is 11.6 Å². The first kappa shape index (κ1) is 12.8. The molecule has 5 heteroatoms. The van der Waals surface area contributed by atoms with Crippen molar-refractivity contribution in [3.8, 4) is 0 Å². The van der Waals surface area contributed by atoms with Crippen molar-refractivity contribution in [2.75, 3.05) is 5.73 Å². The van der Waals surface area contributed by atoms with Gasteiger partial charge < -0.3 is 10.3 Å². The standard InChI is InChI=1S/C8H8ClN3O.C3H8/c1-2-5-7-6(4(9)3-11-5)8(10)12-13-7;1-3-2/h3H,2H2,1H3,(H2,10,12);3H2,1-2H3. The molecule has 0 unspecified atom stereocenters. The summed E-state index contributed by atoms with van der Waals surface area (Å²) >= 11 is 5.89. The number of aromatic nitrogens is 2. The predicted molar refractivity (Wildman–Crippen MR) is 66.6 cm³/mol. The van der Waals surface area contributed by atoms with Crippen molar-refractivity contribution in [2.45, 2.75) is 33.6 Å². The van der Waals surface area contributed by atoms with Gasteiger partial charge in [0.05, 0.1) is 16.1 Å². The van der Waals surface area contributed by atoms with Crippen molar-refractivity contribution < 1.29 is 4.52 Å². The Kier molecular flexibility index (Phi) is 4.55. The van der Waals surface area contributed by atoms with Crippen LogP contribution in [-0.4, -0.2) is 10.1 Å². The lowest BCUT2D eigenvalue weighted by atomic mass is 10.2. The smallest absolute Gasteiger partial charge is 0.192 e. The van der Waals surface area contributed by atoms with Gasteiger partial charge in [0, 0.05) is 6.20 Å². The maximum absolute atomic E-state index is 5.89. The second-order valence-electron chi connectivity index (χ2n) is 3.39. The molecule has 0 fully saturated rings. The zero-order valence-electron chi connectivity index (χ0n) is 9.75. The molecule has 2 N–H and O–H groups in total. The van der Waals surface area contributed by atoms with E-state index in [-0.39, 0.29) is 0 Å². The summed E-state index contributed by atoms with van der Waals surface area (Å²) in [5, 5.41) is 4.78. The lowest BCUT2D eigenvalue weighted by molar-refractivity contribution is 0.457. The van der Waals surface area contributed by atoms with Gasteiger partial charge >= 0.3 is 0 Å². The average Bonchev–Trinajstić information content (AvgIpc) is 2.64. The number of aryl methyl sites for hydroxylation is 1. The summed E-state index contributed by atoms with van der Waals surface area (Å²) in [6.45, 7) is 6.23. The molecule has 0 aliphatic rings. The number of hydrogen-bond donors (Lipinski definition) is 1. The molecule has 2 rings (SSSR count). The molecule has 0 aliphatic heterocycles. The molecule has 0 aliphatic carbocycles. The number of nitrogens with two attached hydrogens (primary N) is 1. The minimum absolute atomic E-state index is 0.317. The molecule has 0 bridgehead atoms. The maximum atomic E-state index is 5.89. The van der Waals surface area contributed by atoms with Gasteiger partial charge in [-0.1, -0.05) is 43.9 Å². The Hall–Kier alpha value is -1.29. The highest BCUT2D eigenvalue weighted by Gasteiger charge is 2.13. The molecule has 2 heterocycles. The fourth-order valence-corrected chi connectivity index (χ4v) is 1.47. The summed E-state index contributed by atoms with van der Waals surface area (Å²) < 4.78 is 5.03. The predicted octanol–water partition coefficient (Wildman–Crippen LogP) is 3.44. The van der Waals surface area contributed by atoms with Crippen LogP contribution in [0.1, 0.15) is 32.9 Å². The van der Waals surface area contributed by atoms with Gasteiger partial charge in [-0.25, -0.2) is 0 Å². The molecular formula is C11H16ClN3O. The van der Waals surface area contributed by atoms with E-state index < -0.39 is 0 Å². The molecule has 0 saturated heterocycles. The molecule has 0 atom stereocenters. The fourth-order valence-electron chi connectivity index (χ4n) is 1.24. The van der Waals surface area contributed by atoms with Crippen LogP contribution in [0.2, 0.25) is 5.02 Å². The van der Waals surface area contributed by atoms with Crippen LogP contribution in [0.15, 0.2) is 10.7 Å². The molecule has 2 aromatic rings. The number of pyridine rings is 1. The Labute approximate surface area is 99.8 Å². The van der Waals surface area contributed by atoms with Crippen LogP contribution in [0.5, 0.6) is 0 Å². The summed E-state index contributed by atoms with van der Waals surface area (Å²) in [5.41, 5.74) is 7.00. The topological polar surface area (TPSA) is 64.9 Å². The molecule has 0 aromatic carbocycles. The number of nitrogen functional groups attached to an aromatic ring is 1. The van der Waals surface area contributed by atoms with E-state index in [1.807, 2.05) is 6.92 Å². The van der Waals surface area contributed by atoms with Crippen LogP contribution in [0.25, 0.3) is 11.0 Å². The highest BCUT2D eigenvalue weighted by Crippen LogP contribution is 2.29. The van der Waals surface area contributed by atoms with Crippen LogP contribution < -0.4 is 5.73 Å². The van der Waals surface area contributed by atoms with Crippen molar-refractivity contribution in [3.05, 3.63) is 16.9 Å². The molecule has 88 valence electrons. The molecule has 0 amide bonds. The first-order valence-electron chi connectivity index (χ1n) is 5.33. The van der Waals surface area contributed by atoms with Crippen LogP contribution in [0.4, 0.5) is 5.82 Å². The normalized spacial score (nSPS) is 10.0. The Balaban J connectivity index is 0.000000386. The van der Waals surface area contributed by atoms with E-state index in [0.29, 0.717) is 21.8 Å². The van der Waals surface area contributed by atoms with Crippen LogP contribution in [-0.2, 0) is 6.42 Å². The zero-order valence-corrected chi connectivity index (χ0v) is 10.5. The minimum atomic E-state index is 0.317. The molecule has 0 radical (unpaired) electrons. The van der Waals surface area contributed by atoms with Crippen molar-refractivity contribution in [2.24, 2.45) is 0 Å². The monoisotopic (exact) mass is 241 g/mol. The highest BCUT2D eigenvalue weighted by molar-refractivity contribution is 6.36. The number of hydrogen-bond acceptors (Lipinski definition) is 4. The second kappa shape index (κ2) is 5.70. The van der Waals surface area contributed by atoms with Gasteiger partial charge in [-0.2, -0.15) is 0 Å². The Morgan fingerprint density at radius 1 is 1.38 bits per heavy atom. The Morgan fingerprint density at radius 2 is 2.00 bits per heavy atom. The molecule has 2 aromatic heterocycles. The first-order valence-corrected chi connectivity index (χ1v) is 5.71. The van der Waals surface area contributed by atoms with Crippen molar-refractivity contribution >= 4 is 28.4 Å². The van der Waals surface area contributed by atoms with Crippen molar-refractivity contribution in [1.29, 1.82) is 0 Å². The third-order valence-corrected chi connectivity index (χ3v) is 2.17. The fraction of sp³-hybridized carbons (Fsp3) is 0.455. The number of nitrogens with zero attached hydrogens (tertiary/aromatic N) is 2. The zero-order chi connectivity index (χ0) is 12.1. The summed E-state index contributed by atoms with van der Waals surface area (Å²) in [6.07, 6.45) is 3.58. The van der Waals surface area contributed by atoms with Gasteiger partial charge in [0.25, 0.3) is 0 Å². The minimum Gasteiger partial charge on any atom is -0.380 e. The van der Waals surface area contributed by atoms with E-state index in [9.17, 15) is 0 Å². The van der Waals surface area contributed by atoms with Gasteiger partial charge in [0.2, 0.25) is 0 Å². The highest BCUT2D eigenvalue weighted by atomic mass is 35.5. The largest absolute Gasteiger partial charge is 0.380 e. The Bertz CT molecular complexity index is 467. The quantitative estimate of drug-likeness (QED) is 0.831. The lowest BCUT2D eigenvalue weighted by Gasteiger charge is -1.96. The van der Waals surface area contributed by atoms with E-state index in [1.165, 1.54) is 6.42 Å². The van der Waals surface area contributed by atoms with E-state index in [0.717, 1.165) is 12.1 Å².